The molecule has 0 saturated carbocycles. The topological polar surface area (TPSA) is 127 Å². The third kappa shape index (κ3) is 6.17. The molecule has 1 aromatic carbocycles. The Morgan fingerprint density at radius 2 is 1.77 bits per heavy atom. The number of alkyl halides is 6. The smallest absolute Gasteiger partial charge is 0.438 e. The number of benzene rings is 1. The van der Waals surface area contributed by atoms with Crippen molar-refractivity contribution in [2.75, 3.05) is 18.0 Å². The van der Waals surface area contributed by atoms with E-state index in [4.69, 9.17) is 5.73 Å². The minimum Gasteiger partial charge on any atom is -0.438 e. The number of imidazole rings is 1. The van der Waals surface area contributed by atoms with Gasteiger partial charge in [-0.15, -0.1) is 13.2 Å². The van der Waals surface area contributed by atoms with Crippen molar-refractivity contribution < 1.29 is 40.6 Å². The van der Waals surface area contributed by atoms with E-state index in [1.165, 1.54) is 11.8 Å². The van der Waals surface area contributed by atoms with Gasteiger partial charge in [-0.1, -0.05) is 5.92 Å². The van der Waals surface area contributed by atoms with Gasteiger partial charge in [0.05, 0.1) is 12.2 Å². The van der Waals surface area contributed by atoms with Crippen molar-refractivity contribution in [3.05, 3.63) is 45.1 Å². The van der Waals surface area contributed by atoms with Crippen LogP contribution in [0.15, 0.2) is 33.9 Å². The van der Waals surface area contributed by atoms with Gasteiger partial charge < -0.3 is 14.4 Å². The van der Waals surface area contributed by atoms with E-state index in [9.17, 15) is 40.7 Å². The second-order valence-electron chi connectivity index (χ2n) is 7.79. The van der Waals surface area contributed by atoms with Gasteiger partial charge in [0, 0.05) is 19.6 Å². The number of aromatic nitrogens is 4. The third-order valence-corrected chi connectivity index (χ3v) is 5.15. The van der Waals surface area contributed by atoms with E-state index in [-0.39, 0.29) is 29.3 Å². The molecule has 1 unspecified atom stereocenters. The average Bonchev–Trinajstić information content (AvgIpc) is 3.19. The second kappa shape index (κ2) is 10.7. The predicted octanol–water partition coefficient (Wildman–Crippen LogP) is 1.83. The molecule has 0 spiro atoms. The number of carbonyl (C=O) groups is 1. The van der Waals surface area contributed by atoms with Gasteiger partial charge >= 0.3 is 24.2 Å². The van der Waals surface area contributed by atoms with Crippen molar-refractivity contribution in [3.8, 4) is 23.4 Å². The van der Waals surface area contributed by atoms with Gasteiger partial charge in [-0.25, -0.2) is 18.7 Å². The Balaban J connectivity index is 2.19. The molecule has 0 fully saturated rings. The van der Waals surface area contributed by atoms with E-state index in [1.54, 1.807) is 6.92 Å². The first-order valence-corrected chi connectivity index (χ1v) is 10.9. The summed E-state index contributed by atoms with van der Waals surface area (Å²) in [6.45, 7) is 2.50. The van der Waals surface area contributed by atoms with Crippen LogP contribution in [0, 0.1) is 12.0 Å². The summed E-state index contributed by atoms with van der Waals surface area (Å²) in [5, 5.41) is 0. The molecular formula is C22H20F6N6O5. The highest BCUT2D eigenvalue weighted by Gasteiger charge is 2.42. The lowest BCUT2D eigenvalue weighted by atomic mass is 10.3. The van der Waals surface area contributed by atoms with Crippen LogP contribution in [0.1, 0.15) is 13.8 Å². The van der Waals surface area contributed by atoms with Crippen molar-refractivity contribution >= 4 is 23.1 Å². The normalized spacial score (nSPS) is 12.6. The van der Waals surface area contributed by atoms with Crippen LogP contribution in [0.25, 0.3) is 16.9 Å². The number of nitrogens with zero attached hydrogens (tertiary/aromatic N) is 5. The molecule has 0 aliphatic rings. The van der Waals surface area contributed by atoms with Crippen molar-refractivity contribution in [2.24, 2.45) is 12.8 Å². The molecule has 17 heteroatoms. The Labute approximate surface area is 214 Å². The van der Waals surface area contributed by atoms with Crippen molar-refractivity contribution in [2.45, 2.75) is 32.6 Å². The highest BCUT2D eigenvalue weighted by Crippen LogP contribution is 2.26. The number of hydrogen-bond acceptors (Lipinski definition) is 8. The maximum absolute atomic E-state index is 13.1. The molecule has 0 bridgehead atoms. The van der Waals surface area contributed by atoms with Gasteiger partial charge in [-0.3, -0.25) is 15.1 Å². The van der Waals surface area contributed by atoms with Crippen molar-refractivity contribution in [3.63, 3.8) is 0 Å². The van der Waals surface area contributed by atoms with E-state index in [2.05, 4.69) is 26.4 Å². The first-order valence-electron chi connectivity index (χ1n) is 10.9. The van der Waals surface area contributed by atoms with Crippen LogP contribution in [0.5, 0.6) is 5.75 Å². The van der Waals surface area contributed by atoms with E-state index in [0.717, 1.165) is 45.0 Å². The van der Waals surface area contributed by atoms with Gasteiger partial charge in [0.1, 0.15) is 5.75 Å². The quantitative estimate of drug-likeness (QED) is 0.200. The van der Waals surface area contributed by atoms with E-state index in [1.807, 2.05) is 0 Å². The maximum Gasteiger partial charge on any atom is 0.573 e. The standard InChI is InChI=1S/C22H20F6N6O5/c1-4-10-33-15-16(30-19(33)32(5-2)11-14(29)38-18(36)21(23,24)25)34(20(37)31(3)17(15)35)12-6-8-13(9-7-12)39-22(26,27)28/h6-9,14H,5,11,29H2,1-3H3. The number of ether oxygens (including phenoxy) is 2. The van der Waals surface area contributed by atoms with Crippen LogP contribution >= 0.6 is 0 Å². The zero-order valence-electron chi connectivity index (χ0n) is 20.4. The molecule has 39 heavy (non-hydrogen) atoms. The van der Waals surface area contributed by atoms with Gasteiger partial charge in [-0.05, 0) is 38.1 Å². The minimum atomic E-state index is -5.28. The highest BCUT2D eigenvalue weighted by atomic mass is 19.4. The molecule has 2 heterocycles. The molecule has 3 rings (SSSR count). The Morgan fingerprint density at radius 1 is 1.15 bits per heavy atom. The van der Waals surface area contributed by atoms with Crippen molar-refractivity contribution in [1.29, 1.82) is 0 Å². The molecule has 0 amide bonds. The molecule has 3 aromatic rings. The first-order chi connectivity index (χ1) is 18.1. The lowest BCUT2D eigenvalue weighted by Gasteiger charge is -2.24. The molecule has 2 aromatic heterocycles. The molecular weight excluding hydrogens is 542 g/mol. The fourth-order valence-corrected chi connectivity index (χ4v) is 3.50. The molecule has 2 N–H and O–H groups in total. The molecule has 1 atom stereocenters. The summed E-state index contributed by atoms with van der Waals surface area (Å²) in [5.41, 5.74) is 3.37. The number of carbonyl (C=O) groups excluding carboxylic acids is 1. The SMILES string of the molecule is CC#Cn1c(N(CC)CC(N)OC(=O)C(F)(F)F)nc2c1c(=O)n(C)c(=O)n2-c1ccc(OC(F)(F)F)cc1. The van der Waals surface area contributed by atoms with Gasteiger partial charge in [-0.2, -0.15) is 18.2 Å². The molecule has 210 valence electrons. The maximum atomic E-state index is 13.1. The molecule has 0 aliphatic heterocycles. The van der Waals surface area contributed by atoms with Crippen LogP contribution in [0.3, 0.4) is 0 Å². The summed E-state index contributed by atoms with van der Waals surface area (Å²) in [6.07, 6.45) is -12.0. The Bertz CT molecular complexity index is 1560. The Hall–Kier alpha value is -4.46. The van der Waals surface area contributed by atoms with Crippen LogP contribution in [-0.2, 0) is 16.6 Å². The molecule has 0 aliphatic carbocycles. The third-order valence-electron chi connectivity index (χ3n) is 5.15. The van der Waals surface area contributed by atoms with Crippen LogP contribution in [0.2, 0.25) is 0 Å². The Morgan fingerprint density at radius 3 is 2.28 bits per heavy atom. The van der Waals surface area contributed by atoms with Crippen LogP contribution in [-0.4, -0.2) is 56.5 Å². The minimum absolute atomic E-state index is 0.00893. The predicted molar refractivity (Wildman–Crippen MR) is 124 cm³/mol. The second-order valence-corrected chi connectivity index (χ2v) is 7.79. The largest absolute Gasteiger partial charge is 0.573 e. The number of fused-ring (bicyclic) bond motifs is 1. The first kappa shape index (κ1) is 29.1. The van der Waals surface area contributed by atoms with Gasteiger partial charge in [0.25, 0.3) is 5.56 Å². The number of esters is 1. The van der Waals surface area contributed by atoms with Crippen LogP contribution in [0.4, 0.5) is 32.3 Å². The van der Waals surface area contributed by atoms with Gasteiger partial charge in [0.15, 0.2) is 17.4 Å². The average molecular weight is 562 g/mol. The Kier molecular flexibility index (Phi) is 8.00. The monoisotopic (exact) mass is 562 g/mol. The number of anilines is 1. The summed E-state index contributed by atoms with van der Waals surface area (Å²) in [6, 6.07) is 6.76. The van der Waals surface area contributed by atoms with Gasteiger partial charge in [0.2, 0.25) is 5.95 Å². The van der Waals surface area contributed by atoms with Crippen molar-refractivity contribution in [1.82, 2.24) is 18.7 Å². The molecule has 0 saturated heterocycles. The fraction of sp³-hybridized carbons (Fsp3) is 0.364. The number of halogens is 6. The van der Waals surface area contributed by atoms with E-state index in [0.29, 0.717) is 0 Å². The summed E-state index contributed by atoms with van der Waals surface area (Å²) >= 11 is 0. The summed E-state index contributed by atoms with van der Waals surface area (Å²) in [4.78, 5) is 42.9. The van der Waals surface area contributed by atoms with Crippen LogP contribution < -0.4 is 26.6 Å². The molecule has 11 nitrogen and oxygen atoms in total. The fourth-order valence-electron chi connectivity index (χ4n) is 3.50. The summed E-state index contributed by atoms with van der Waals surface area (Å²) in [7, 11) is 1.15. The number of hydrogen-bond donors (Lipinski definition) is 1. The summed E-state index contributed by atoms with van der Waals surface area (Å²) in [5.74, 6) is -0.644. The lowest BCUT2D eigenvalue weighted by Crippen LogP contribution is -2.43. The van der Waals surface area contributed by atoms with E-state index < -0.39 is 48.3 Å². The number of rotatable bonds is 7. The zero-order valence-corrected chi connectivity index (χ0v) is 20.4. The van der Waals surface area contributed by atoms with E-state index >= 15 is 0 Å². The number of nitrogens with two attached hydrogens (primary N) is 1. The highest BCUT2D eigenvalue weighted by molar-refractivity contribution is 5.78. The zero-order chi connectivity index (χ0) is 29.3. The molecule has 0 radical (unpaired) electrons. The number of likely N-dealkylation sites (N-methyl/N-ethyl adjacent to an activating group) is 1. The summed E-state index contributed by atoms with van der Waals surface area (Å²) < 4.78 is 86.2. The lowest BCUT2D eigenvalue weighted by molar-refractivity contribution is -0.274.